The monoisotopic (exact) mass is 516 g/mol. The number of hydrogen-bond donors (Lipinski definition) is 1. The van der Waals surface area contributed by atoms with Gasteiger partial charge in [-0.3, -0.25) is 19.8 Å². The minimum atomic E-state index is -0.545. The Kier molecular flexibility index (Phi) is 8.11. The zero-order valence-corrected chi connectivity index (χ0v) is 20.7. The lowest BCUT2D eigenvalue weighted by atomic mass is 10.1. The van der Waals surface area contributed by atoms with Crippen LogP contribution in [0.5, 0.6) is 5.75 Å². The van der Waals surface area contributed by atoms with Crippen molar-refractivity contribution in [3.8, 4) is 5.75 Å². The summed E-state index contributed by atoms with van der Waals surface area (Å²) in [5, 5.41) is 14.6. The highest BCUT2D eigenvalue weighted by Crippen LogP contribution is 2.23. The summed E-state index contributed by atoms with van der Waals surface area (Å²) in [5.41, 5.74) is 1.19. The van der Waals surface area contributed by atoms with Gasteiger partial charge in [0.25, 0.3) is 11.6 Å². The van der Waals surface area contributed by atoms with Crippen LogP contribution in [0.4, 0.5) is 10.8 Å². The number of ether oxygens (including phenoxy) is 1. The van der Waals surface area contributed by atoms with E-state index in [4.69, 9.17) is 21.3 Å². The number of non-ortho nitro benzene ring substituents is 1. The molecule has 3 aromatic rings. The molecule has 1 N–H and O–H groups in total. The molecule has 35 heavy (non-hydrogen) atoms. The molecule has 1 saturated heterocycles. The number of nitro groups is 1. The standard InChI is InChI=1S/C23H25ClN6O4S/c1-34-18-4-2-3-16(13-18)14-21-26-23(35-27-21)29-11-9-28(10-12-29)8-7-25-22(31)19-6-5-17(30(32)33)15-20(19)24/h2-6,13,15H,7-12,14H2,1H3,(H,25,31). The molecule has 0 radical (unpaired) electrons. The van der Waals surface area contributed by atoms with E-state index in [0.29, 0.717) is 19.5 Å². The molecule has 0 saturated carbocycles. The van der Waals surface area contributed by atoms with Crippen LogP contribution >= 0.6 is 23.1 Å². The summed E-state index contributed by atoms with van der Waals surface area (Å²) in [5.74, 6) is 1.27. The highest BCUT2D eigenvalue weighted by molar-refractivity contribution is 7.09. The number of hydrogen-bond acceptors (Lipinski definition) is 9. The molecule has 0 unspecified atom stereocenters. The molecule has 2 heterocycles. The van der Waals surface area contributed by atoms with Crippen LogP contribution in [0.1, 0.15) is 21.7 Å². The number of rotatable bonds is 9. The van der Waals surface area contributed by atoms with Gasteiger partial charge in [-0.15, -0.1) is 0 Å². The summed E-state index contributed by atoms with van der Waals surface area (Å²) >= 11 is 7.45. The molecular weight excluding hydrogens is 492 g/mol. The maximum atomic E-state index is 12.4. The SMILES string of the molecule is COc1cccc(Cc2nsc(N3CCN(CCNC(=O)c4ccc([N+](=O)[O-])cc4Cl)CC3)n2)c1. The summed E-state index contributed by atoms with van der Waals surface area (Å²) in [6, 6.07) is 11.7. The molecule has 184 valence electrons. The van der Waals surface area contributed by atoms with Crippen LogP contribution in [0.25, 0.3) is 0 Å². The molecule has 0 atom stereocenters. The molecule has 0 spiro atoms. The van der Waals surface area contributed by atoms with Crippen LogP contribution in [0, 0.1) is 10.1 Å². The van der Waals surface area contributed by atoms with Crippen LogP contribution in [0.2, 0.25) is 5.02 Å². The van der Waals surface area contributed by atoms with Crippen molar-refractivity contribution in [2.75, 3.05) is 51.3 Å². The Bertz CT molecular complexity index is 1200. The lowest BCUT2D eigenvalue weighted by Crippen LogP contribution is -2.48. The quantitative estimate of drug-likeness (QED) is 0.340. The van der Waals surface area contributed by atoms with Crippen molar-refractivity contribution in [2.24, 2.45) is 0 Å². The van der Waals surface area contributed by atoms with Gasteiger partial charge in [0.15, 0.2) is 0 Å². The Hall–Kier alpha value is -3.28. The van der Waals surface area contributed by atoms with E-state index < -0.39 is 4.92 Å². The Morgan fingerprint density at radius 2 is 2.03 bits per heavy atom. The Morgan fingerprint density at radius 1 is 1.23 bits per heavy atom. The Balaban J connectivity index is 1.22. The van der Waals surface area contributed by atoms with Gasteiger partial charge in [-0.1, -0.05) is 23.7 Å². The van der Waals surface area contributed by atoms with Gasteiger partial charge >= 0.3 is 0 Å². The molecule has 4 rings (SSSR count). The number of nitro benzene ring substituents is 1. The van der Waals surface area contributed by atoms with E-state index in [1.807, 2.05) is 24.3 Å². The number of anilines is 1. The number of carbonyl (C=O) groups is 1. The highest BCUT2D eigenvalue weighted by atomic mass is 35.5. The number of aromatic nitrogens is 2. The summed E-state index contributed by atoms with van der Waals surface area (Å²) in [7, 11) is 1.65. The second-order valence-electron chi connectivity index (χ2n) is 8.03. The molecule has 1 aliphatic rings. The zero-order valence-electron chi connectivity index (χ0n) is 19.1. The van der Waals surface area contributed by atoms with Crippen LogP contribution in [-0.2, 0) is 6.42 Å². The van der Waals surface area contributed by atoms with E-state index in [0.717, 1.165) is 48.4 Å². The molecule has 0 bridgehead atoms. The van der Waals surface area contributed by atoms with Gasteiger partial charge in [-0.05, 0) is 23.8 Å². The first-order valence-corrected chi connectivity index (χ1v) is 12.2. The molecule has 0 aliphatic carbocycles. The molecule has 1 amide bonds. The summed E-state index contributed by atoms with van der Waals surface area (Å²) in [6.07, 6.45) is 0.659. The Labute approximate surface area is 211 Å². The van der Waals surface area contributed by atoms with Crippen LogP contribution < -0.4 is 15.0 Å². The fourth-order valence-electron chi connectivity index (χ4n) is 3.80. The van der Waals surface area contributed by atoms with E-state index in [2.05, 4.69) is 19.5 Å². The number of benzene rings is 2. The van der Waals surface area contributed by atoms with Gasteiger partial charge in [-0.25, -0.2) is 4.98 Å². The third-order valence-corrected chi connectivity index (χ3v) is 6.85. The average molecular weight is 517 g/mol. The molecule has 10 nitrogen and oxygen atoms in total. The number of methoxy groups -OCH3 is 1. The minimum Gasteiger partial charge on any atom is -0.497 e. The number of amides is 1. The first-order valence-electron chi connectivity index (χ1n) is 11.1. The van der Waals surface area contributed by atoms with Crippen LogP contribution in [0.15, 0.2) is 42.5 Å². The molecule has 1 fully saturated rings. The topological polar surface area (TPSA) is 114 Å². The smallest absolute Gasteiger partial charge is 0.270 e. The van der Waals surface area contributed by atoms with E-state index in [1.165, 1.54) is 29.7 Å². The van der Waals surface area contributed by atoms with Crippen LogP contribution in [-0.4, -0.2) is 71.5 Å². The van der Waals surface area contributed by atoms with E-state index >= 15 is 0 Å². The average Bonchev–Trinajstić information content (AvgIpc) is 3.32. The van der Waals surface area contributed by atoms with Gasteiger partial charge < -0.3 is 15.0 Å². The van der Waals surface area contributed by atoms with Crippen molar-refractivity contribution in [3.05, 3.63) is 74.6 Å². The molecule has 12 heteroatoms. The minimum absolute atomic E-state index is 0.0631. The Morgan fingerprint density at radius 3 is 2.74 bits per heavy atom. The first-order chi connectivity index (χ1) is 16.9. The highest BCUT2D eigenvalue weighted by Gasteiger charge is 2.21. The molecule has 2 aromatic carbocycles. The van der Waals surface area contributed by atoms with Crippen molar-refractivity contribution in [2.45, 2.75) is 6.42 Å². The zero-order chi connectivity index (χ0) is 24.8. The summed E-state index contributed by atoms with van der Waals surface area (Å²) < 4.78 is 9.80. The predicted molar refractivity (Wildman–Crippen MR) is 135 cm³/mol. The number of nitrogens with zero attached hydrogens (tertiary/aromatic N) is 5. The van der Waals surface area contributed by atoms with Gasteiger partial charge in [-0.2, -0.15) is 4.37 Å². The van der Waals surface area contributed by atoms with Crippen molar-refractivity contribution < 1.29 is 14.5 Å². The number of nitrogens with one attached hydrogen (secondary N) is 1. The van der Waals surface area contributed by atoms with E-state index in [1.54, 1.807) is 7.11 Å². The largest absolute Gasteiger partial charge is 0.497 e. The molecular formula is C23H25ClN6O4S. The molecule has 1 aromatic heterocycles. The van der Waals surface area contributed by atoms with Gasteiger partial charge in [0.1, 0.15) is 11.6 Å². The van der Waals surface area contributed by atoms with Crippen LogP contribution in [0.3, 0.4) is 0 Å². The normalized spacial score (nSPS) is 14.1. The summed E-state index contributed by atoms with van der Waals surface area (Å²) in [4.78, 5) is 31.9. The second kappa shape index (κ2) is 11.4. The fourth-order valence-corrected chi connectivity index (χ4v) is 4.79. The summed E-state index contributed by atoms with van der Waals surface area (Å²) in [6.45, 7) is 4.50. The predicted octanol–water partition coefficient (Wildman–Crippen LogP) is 3.25. The van der Waals surface area contributed by atoms with E-state index in [-0.39, 0.29) is 22.2 Å². The van der Waals surface area contributed by atoms with Crippen molar-refractivity contribution in [1.29, 1.82) is 0 Å². The number of carbonyl (C=O) groups excluding carboxylic acids is 1. The van der Waals surface area contributed by atoms with Crippen molar-refractivity contribution in [1.82, 2.24) is 19.6 Å². The lowest BCUT2D eigenvalue weighted by molar-refractivity contribution is -0.384. The second-order valence-corrected chi connectivity index (χ2v) is 9.16. The van der Waals surface area contributed by atoms with Gasteiger partial charge in [0.05, 0.1) is 22.6 Å². The molecule has 1 aliphatic heterocycles. The van der Waals surface area contributed by atoms with Crippen molar-refractivity contribution >= 4 is 39.9 Å². The lowest BCUT2D eigenvalue weighted by Gasteiger charge is -2.34. The van der Waals surface area contributed by atoms with Crippen molar-refractivity contribution in [3.63, 3.8) is 0 Å². The van der Waals surface area contributed by atoms with Gasteiger partial charge in [0, 0.05) is 69.4 Å². The third-order valence-electron chi connectivity index (χ3n) is 5.72. The van der Waals surface area contributed by atoms with Gasteiger partial charge in [0.2, 0.25) is 5.13 Å². The number of halogens is 1. The maximum Gasteiger partial charge on any atom is 0.270 e. The first kappa shape index (κ1) is 24.8. The number of piperazine rings is 1. The maximum absolute atomic E-state index is 12.4. The third kappa shape index (κ3) is 6.44. The van der Waals surface area contributed by atoms with E-state index in [9.17, 15) is 14.9 Å². The fraction of sp³-hybridized carbons (Fsp3) is 0.348.